The Morgan fingerprint density at radius 3 is 2.50 bits per heavy atom. The van der Waals surface area contributed by atoms with Crippen molar-refractivity contribution in [2.45, 2.75) is 0 Å². The third kappa shape index (κ3) is 3.56. The maximum atomic E-state index is 11.0. The Bertz CT molecular complexity index is 423. The second-order valence-corrected chi connectivity index (χ2v) is 4.18. The average molecular weight is 254 g/mol. The summed E-state index contributed by atoms with van der Waals surface area (Å²) in [7, 11) is 7.15. The van der Waals surface area contributed by atoms with Gasteiger partial charge in [0.2, 0.25) is 11.7 Å². The highest BCUT2D eigenvalue weighted by atomic mass is 16.6. The van der Waals surface area contributed by atoms with E-state index in [0.717, 1.165) is 6.54 Å². The van der Waals surface area contributed by atoms with Crippen molar-refractivity contribution in [3.8, 4) is 5.88 Å². The lowest BCUT2D eigenvalue weighted by atomic mass is 10.3. The van der Waals surface area contributed by atoms with E-state index in [1.54, 1.807) is 11.9 Å². The van der Waals surface area contributed by atoms with Gasteiger partial charge in [-0.2, -0.15) is 4.98 Å². The molecule has 100 valence electrons. The first kappa shape index (κ1) is 14.2. The van der Waals surface area contributed by atoms with Gasteiger partial charge in [0.15, 0.2) is 0 Å². The zero-order valence-electron chi connectivity index (χ0n) is 11.1. The summed E-state index contributed by atoms with van der Waals surface area (Å²) in [6.45, 7) is 1.43. The number of nitrogens with zero attached hydrogens (tertiary/aromatic N) is 4. The van der Waals surface area contributed by atoms with Gasteiger partial charge in [0, 0.05) is 32.3 Å². The third-order valence-corrected chi connectivity index (χ3v) is 2.48. The molecule has 1 aromatic rings. The molecule has 1 rings (SSSR count). The topological polar surface area (TPSA) is 71.7 Å². The lowest BCUT2D eigenvalue weighted by molar-refractivity contribution is -0.384. The standard InChI is InChI=1S/C11H18N4O3/c1-13(2)7-8-14(3)11-9(15(16)17)5-6-10(12-11)18-4/h5-6H,7-8H2,1-4H3. The molecule has 0 aliphatic heterocycles. The van der Waals surface area contributed by atoms with Crippen LogP contribution in [0.15, 0.2) is 12.1 Å². The van der Waals surface area contributed by atoms with Gasteiger partial charge < -0.3 is 14.5 Å². The van der Waals surface area contributed by atoms with Crippen LogP contribution in [0.5, 0.6) is 5.88 Å². The van der Waals surface area contributed by atoms with Crippen LogP contribution in [0.4, 0.5) is 11.5 Å². The van der Waals surface area contributed by atoms with Gasteiger partial charge in [0.1, 0.15) is 0 Å². The summed E-state index contributed by atoms with van der Waals surface area (Å²) in [4.78, 5) is 18.4. The van der Waals surface area contributed by atoms with Crippen molar-refractivity contribution >= 4 is 11.5 Å². The van der Waals surface area contributed by atoms with Crippen LogP contribution in [0, 0.1) is 10.1 Å². The lowest BCUT2D eigenvalue weighted by Crippen LogP contribution is -2.29. The molecule has 0 radical (unpaired) electrons. The molecule has 0 aliphatic rings. The number of likely N-dealkylation sites (N-methyl/N-ethyl adjacent to an activating group) is 2. The van der Waals surface area contributed by atoms with Gasteiger partial charge in [-0.25, -0.2) is 0 Å². The molecule has 0 unspecified atom stereocenters. The predicted molar refractivity (Wildman–Crippen MR) is 69.3 cm³/mol. The van der Waals surface area contributed by atoms with Crippen molar-refractivity contribution < 1.29 is 9.66 Å². The minimum absolute atomic E-state index is 0.0166. The van der Waals surface area contributed by atoms with Crippen LogP contribution < -0.4 is 9.64 Å². The molecule has 0 atom stereocenters. The molecule has 0 spiro atoms. The van der Waals surface area contributed by atoms with Crippen LogP contribution in [-0.2, 0) is 0 Å². The molecule has 1 heterocycles. The van der Waals surface area contributed by atoms with Gasteiger partial charge in [-0.05, 0) is 14.1 Å². The summed E-state index contributed by atoms with van der Waals surface area (Å²) < 4.78 is 4.99. The highest BCUT2D eigenvalue weighted by Gasteiger charge is 2.19. The largest absolute Gasteiger partial charge is 0.481 e. The van der Waals surface area contributed by atoms with Gasteiger partial charge >= 0.3 is 5.69 Å². The van der Waals surface area contributed by atoms with Crippen LogP contribution in [-0.4, -0.2) is 56.1 Å². The maximum Gasteiger partial charge on any atom is 0.311 e. The fourth-order valence-electron chi connectivity index (χ4n) is 1.42. The molecule has 18 heavy (non-hydrogen) atoms. The minimum atomic E-state index is -0.437. The molecule has 1 aromatic heterocycles. The quantitative estimate of drug-likeness (QED) is 0.557. The fourth-order valence-corrected chi connectivity index (χ4v) is 1.42. The van der Waals surface area contributed by atoms with E-state index in [9.17, 15) is 10.1 Å². The summed E-state index contributed by atoms with van der Waals surface area (Å²) >= 11 is 0. The van der Waals surface area contributed by atoms with E-state index in [-0.39, 0.29) is 5.69 Å². The van der Waals surface area contributed by atoms with E-state index in [1.165, 1.54) is 19.2 Å². The van der Waals surface area contributed by atoms with Crippen molar-refractivity contribution in [1.29, 1.82) is 0 Å². The SMILES string of the molecule is COc1ccc([N+](=O)[O-])c(N(C)CCN(C)C)n1. The Hall–Kier alpha value is -1.89. The van der Waals surface area contributed by atoms with Crippen LogP contribution in [0.25, 0.3) is 0 Å². The van der Waals surface area contributed by atoms with Gasteiger partial charge in [-0.15, -0.1) is 0 Å². The highest BCUT2D eigenvalue weighted by molar-refractivity contribution is 5.58. The van der Waals surface area contributed by atoms with Crippen molar-refractivity contribution in [3.63, 3.8) is 0 Å². The number of pyridine rings is 1. The molecule has 0 saturated carbocycles. The van der Waals surface area contributed by atoms with Gasteiger partial charge in [-0.1, -0.05) is 0 Å². The van der Waals surface area contributed by atoms with E-state index >= 15 is 0 Å². The van der Waals surface area contributed by atoms with E-state index in [2.05, 4.69) is 4.98 Å². The lowest BCUT2D eigenvalue weighted by Gasteiger charge is -2.20. The smallest absolute Gasteiger partial charge is 0.311 e. The fraction of sp³-hybridized carbons (Fsp3) is 0.545. The summed E-state index contributed by atoms with van der Waals surface area (Å²) in [5, 5.41) is 11.0. The zero-order valence-corrected chi connectivity index (χ0v) is 11.1. The minimum Gasteiger partial charge on any atom is -0.481 e. The van der Waals surface area contributed by atoms with Crippen molar-refractivity contribution in [1.82, 2.24) is 9.88 Å². The molecule has 0 aliphatic carbocycles. The number of anilines is 1. The van der Waals surface area contributed by atoms with E-state index in [4.69, 9.17) is 4.74 Å². The Labute approximate surface area is 106 Å². The molecule has 0 bridgehead atoms. The Kier molecular flexibility index (Phi) is 4.85. The maximum absolute atomic E-state index is 11.0. The number of nitro groups is 1. The molecule has 0 N–H and O–H groups in total. The van der Waals surface area contributed by atoms with E-state index in [1.807, 2.05) is 19.0 Å². The molecular weight excluding hydrogens is 236 g/mol. The van der Waals surface area contributed by atoms with Crippen LogP contribution in [0.3, 0.4) is 0 Å². The Morgan fingerprint density at radius 2 is 2.00 bits per heavy atom. The van der Waals surface area contributed by atoms with Gasteiger partial charge in [0.25, 0.3) is 0 Å². The summed E-state index contributed by atoms with van der Waals surface area (Å²) in [5.74, 6) is 0.688. The van der Waals surface area contributed by atoms with Gasteiger partial charge in [0.05, 0.1) is 12.0 Å². The first-order valence-corrected chi connectivity index (χ1v) is 5.51. The first-order chi connectivity index (χ1) is 8.45. The summed E-state index contributed by atoms with van der Waals surface area (Å²) in [6.07, 6.45) is 0. The Balaban J connectivity index is 2.99. The molecule has 7 nitrogen and oxygen atoms in total. The Morgan fingerprint density at radius 1 is 1.33 bits per heavy atom. The van der Waals surface area contributed by atoms with Crippen LogP contribution >= 0.6 is 0 Å². The van der Waals surface area contributed by atoms with Crippen molar-refractivity contribution in [2.24, 2.45) is 0 Å². The molecular formula is C11H18N4O3. The summed E-state index contributed by atoms with van der Waals surface area (Å²) in [6, 6.07) is 2.90. The number of aromatic nitrogens is 1. The first-order valence-electron chi connectivity index (χ1n) is 5.51. The third-order valence-electron chi connectivity index (χ3n) is 2.48. The molecule has 0 aromatic carbocycles. The number of methoxy groups -OCH3 is 1. The predicted octanol–water partition coefficient (Wildman–Crippen LogP) is 0.996. The van der Waals surface area contributed by atoms with E-state index < -0.39 is 4.92 Å². The second kappa shape index (κ2) is 6.15. The number of hydrogen-bond donors (Lipinski definition) is 0. The average Bonchev–Trinajstić information content (AvgIpc) is 2.34. The molecule has 7 heteroatoms. The normalized spacial score (nSPS) is 10.5. The molecule has 0 fully saturated rings. The summed E-state index contributed by atoms with van der Waals surface area (Å²) in [5.41, 5.74) is -0.0166. The number of rotatable bonds is 6. The highest BCUT2D eigenvalue weighted by Crippen LogP contribution is 2.27. The zero-order chi connectivity index (χ0) is 13.7. The van der Waals surface area contributed by atoms with Crippen LogP contribution in [0.2, 0.25) is 0 Å². The molecule has 0 saturated heterocycles. The van der Waals surface area contributed by atoms with Crippen LogP contribution in [0.1, 0.15) is 0 Å². The number of hydrogen-bond acceptors (Lipinski definition) is 6. The monoisotopic (exact) mass is 254 g/mol. The number of ether oxygens (including phenoxy) is 1. The van der Waals surface area contributed by atoms with Crippen molar-refractivity contribution in [2.75, 3.05) is 46.2 Å². The van der Waals surface area contributed by atoms with Gasteiger partial charge in [-0.3, -0.25) is 10.1 Å². The second-order valence-electron chi connectivity index (χ2n) is 4.18. The molecule has 0 amide bonds. The van der Waals surface area contributed by atoms with E-state index in [0.29, 0.717) is 18.2 Å². The van der Waals surface area contributed by atoms with Crippen molar-refractivity contribution in [3.05, 3.63) is 22.2 Å².